The fourth-order valence-electron chi connectivity index (χ4n) is 2.41. The summed E-state index contributed by atoms with van der Waals surface area (Å²) in [5.41, 5.74) is 2.68. The number of aliphatic hydroxyl groups excluding tert-OH is 1. The summed E-state index contributed by atoms with van der Waals surface area (Å²) in [6, 6.07) is 8.36. The van der Waals surface area contributed by atoms with Crippen LogP contribution < -0.4 is 5.32 Å². The van der Waals surface area contributed by atoms with Crippen molar-refractivity contribution in [2.24, 2.45) is 11.8 Å². The fourth-order valence-corrected chi connectivity index (χ4v) is 2.41. The van der Waals surface area contributed by atoms with Crippen molar-refractivity contribution in [1.82, 2.24) is 5.32 Å². The molecule has 2 atom stereocenters. The maximum atomic E-state index is 12.0. The highest BCUT2D eigenvalue weighted by Crippen LogP contribution is 2.25. The van der Waals surface area contributed by atoms with Gasteiger partial charge in [0.2, 0.25) is 5.91 Å². The molecular formula is C15H21NO2. The number of amides is 1. The standard InChI is InChI=1S/C15H21NO2/c1-11(10-17)9-16-15(18)14-7-6-12-4-2-3-5-13(12)8-14/h2-5,11,14,17H,6-10H2,1H3,(H,16,18). The Kier molecular flexibility index (Phi) is 4.37. The second-order valence-corrected chi connectivity index (χ2v) is 5.24. The number of benzene rings is 1. The highest BCUT2D eigenvalue weighted by Gasteiger charge is 2.24. The van der Waals surface area contributed by atoms with Crippen molar-refractivity contribution in [2.45, 2.75) is 26.2 Å². The van der Waals surface area contributed by atoms with Gasteiger partial charge in [-0.15, -0.1) is 0 Å². The molecule has 0 fully saturated rings. The van der Waals surface area contributed by atoms with Crippen LogP contribution in [0.25, 0.3) is 0 Å². The quantitative estimate of drug-likeness (QED) is 0.848. The summed E-state index contributed by atoms with van der Waals surface area (Å²) < 4.78 is 0. The zero-order valence-electron chi connectivity index (χ0n) is 10.9. The van der Waals surface area contributed by atoms with Crippen LogP contribution in [0.1, 0.15) is 24.5 Å². The van der Waals surface area contributed by atoms with Crippen LogP contribution in [-0.2, 0) is 17.6 Å². The average molecular weight is 247 g/mol. The molecule has 98 valence electrons. The van der Waals surface area contributed by atoms with Gasteiger partial charge in [0.1, 0.15) is 0 Å². The molecule has 1 amide bonds. The molecule has 1 aliphatic carbocycles. The van der Waals surface area contributed by atoms with Gasteiger partial charge in [-0.25, -0.2) is 0 Å². The van der Waals surface area contributed by atoms with E-state index in [0.717, 1.165) is 19.3 Å². The van der Waals surface area contributed by atoms with Crippen LogP contribution in [0.5, 0.6) is 0 Å². The minimum Gasteiger partial charge on any atom is -0.396 e. The third-order valence-electron chi connectivity index (χ3n) is 3.65. The molecule has 1 aromatic carbocycles. The molecule has 1 aliphatic rings. The first-order chi connectivity index (χ1) is 8.70. The molecule has 18 heavy (non-hydrogen) atoms. The van der Waals surface area contributed by atoms with Crippen LogP contribution in [-0.4, -0.2) is 24.2 Å². The number of fused-ring (bicyclic) bond motifs is 1. The zero-order chi connectivity index (χ0) is 13.0. The molecule has 3 heteroatoms. The average Bonchev–Trinajstić information content (AvgIpc) is 2.43. The first kappa shape index (κ1) is 13.1. The van der Waals surface area contributed by atoms with Crippen LogP contribution in [0, 0.1) is 11.8 Å². The van der Waals surface area contributed by atoms with E-state index < -0.39 is 0 Å². The number of rotatable bonds is 4. The van der Waals surface area contributed by atoms with Crippen LogP contribution >= 0.6 is 0 Å². The Labute approximate surface area is 108 Å². The van der Waals surface area contributed by atoms with Gasteiger partial charge < -0.3 is 10.4 Å². The molecule has 0 aromatic heterocycles. The van der Waals surface area contributed by atoms with Gasteiger partial charge >= 0.3 is 0 Å². The van der Waals surface area contributed by atoms with Crippen molar-refractivity contribution < 1.29 is 9.90 Å². The Morgan fingerprint density at radius 3 is 2.89 bits per heavy atom. The summed E-state index contributed by atoms with van der Waals surface area (Å²) in [4.78, 5) is 12.0. The number of nitrogens with one attached hydrogen (secondary N) is 1. The molecule has 0 heterocycles. The lowest BCUT2D eigenvalue weighted by atomic mass is 9.83. The monoisotopic (exact) mass is 247 g/mol. The van der Waals surface area contributed by atoms with Gasteiger partial charge in [0.05, 0.1) is 0 Å². The molecular weight excluding hydrogens is 226 g/mol. The second-order valence-electron chi connectivity index (χ2n) is 5.24. The lowest BCUT2D eigenvalue weighted by Gasteiger charge is -2.24. The molecule has 2 rings (SSSR count). The highest BCUT2D eigenvalue weighted by molar-refractivity contribution is 5.79. The molecule has 2 N–H and O–H groups in total. The van der Waals surface area contributed by atoms with Crippen LogP contribution in [0.2, 0.25) is 0 Å². The second kappa shape index (κ2) is 6.01. The summed E-state index contributed by atoms with van der Waals surface area (Å²) in [6.45, 7) is 2.61. The van der Waals surface area contributed by atoms with Crippen molar-refractivity contribution in [3.05, 3.63) is 35.4 Å². The van der Waals surface area contributed by atoms with Crippen molar-refractivity contribution in [3.8, 4) is 0 Å². The number of hydrogen-bond acceptors (Lipinski definition) is 2. The maximum absolute atomic E-state index is 12.0. The van der Waals surface area contributed by atoms with E-state index in [0.29, 0.717) is 6.54 Å². The number of carbonyl (C=O) groups is 1. The van der Waals surface area contributed by atoms with Crippen molar-refractivity contribution in [3.63, 3.8) is 0 Å². The lowest BCUT2D eigenvalue weighted by molar-refractivity contribution is -0.125. The van der Waals surface area contributed by atoms with Gasteiger partial charge in [-0.3, -0.25) is 4.79 Å². The molecule has 1 aromatic rings. The smallest absolute Gasteiger partial charge is 0.223 e. The Morgan fingerprint density at radius 1 is 1.44 bits per heavy atom. The van der Waals surface area contributed by atoms with E-state index >= 15 is 0 Å². The predicted molar refractivity (Wildman–Crippen MR) is 71.2 cm³/mol. The lowest BCUT2D eigenvalue weighted by Crippen LogP contribution is -2.37. The Bertz CT molecular complexity index is 417. The van der Waals surface area contributed by atoms with E-state index in [-0.39, 0.29) is 24.3 Å². The van der Waals surface area contributed by atoms with Crippen LogP contribution in [0.15, 0.2) is 24.3 Å². The number of hydrogen-bond donors (Lipinski definition) is 2. The van der Waals surface area contributed by atoms with Gasteiger partial charge in [0.15, 0.2) is 0 Å². The van der Waals surface area contributed by atoms with Gasteiger partial charge in [-0.05, 0) is 36.3 Å². The Balaban J connectivity index is 1.90. The first-order valence-corrected chi connectivity index (χ1v) is 6.66. The topological polar surface area (TPSA) is 49.3 Å². The van der Waals surface area contributed by atoms with Gasteiger partial charge in [-0.1, -0.05) is 31.2 Å². The summed E-state index contributed by atoms with van der Waals surface area (Å²) in [6.07, 6.45) is 2.76. The van der Waals surface area contributed by atoms with Crippen molar-refractivity contribution >= 4 is 5.91 Å². The number of aryl methyl sites for hydroxylation is 1. The van der Waals surface area contributed by atoms with Crippen LogP contribution in [0.4, 0.5) is 0 Å². The predicted octanol–water partition coefficient (Wildman–Crippen LogP) is 1.54. The number of carbonyl (C=O) groups excluding carboxylic acids is 1. The van der Waals surface area contributed by atoms with E-state index in [1.165, 1.54) is 11.1 Å². The molecule has 2 unspecified atom stereocenters. The molecule has 3 nitrogen and oxygen atoms in total. The SMILES string of the molecule is CC(CO)CNC(=O)C1CCc2ccccc2C1. The van der Waals surface area contributed by atoms with Crippen LogP contribution in [0.3, 0.4) is 0 Å². The van der Waals surface area contributed by atoms with E-state index in [1.54, 1.807) is 0 Å². The third kappa shape index (κ3) is 3.10. The normalized spacial score (nSPS) is 20.0. The van der Waals surface area contributed by atoms with Crippen molar-refractivity contribution in [1.29, 1.82) is 0 Å². The van der Waals surface area contributed by atoms with E-state index in [4.69, 9.17) is 5.11 Å². The van der Waals surface area contributed by atoms with Crippen molar-refractivity contribution in [2.75, 3.05) is 13.2 Å². The first-order valence-electron chi connectivity index (χ1n) is 6.66. The zero-order valence-corrected chi connectivity index (χ0v) is 10.9. The van der Waals surface area contributed by atoms with Gasteiger partial charge in [-0.2, -0.15) is 0 Å². The summed E-state index contributed by atoms with van der Waals surface area (Å²) in [7, 11) is 0. The summed E-state index contributed by atoms with van der Waals surface area (Å²) >= 11 is 0. The molecule has 0 radical (unpaired) electrons. The molecule has 0 bridgehead atoms. The van der Waals surface area contributed by atoms with Gasteiger partial charge in [0, 0.05) is 19.1 Å². The molecule has 0 aliphatic heterocycles. The van der Waals surface area contributed by atoms with E-state index in [9.17, 15) is 4.79 Å². The third-order valence-corrected chi connectivity index (χ3v) is 3.65. The summed E-state index contributed by atoms with van der Waals surface area (Å²) in [5.74, 6) is 0.348. The molecule has 0 spiro atoms. The largest absolute Gasteiger partial charge is 0.396 e. The molecule has 0 saturated heterocycles. The minimum atomic E-state index is 0.0887. The Hall–Kier alpha value is -1.35. The Morgan fingerprint density at radius 2 is 2.17 bits per heavy atom. The van der Waals surface area contributed by atoms with Gasteiger partial charge in [0.25, 0.3) is 0 Å². The minimum absolute atomic E-state index is 0.0887. The number of aliphatic hydroxyl groups is 1. The summed E-state index contributed by atoms with van der Waals surface area (Å²) in [5, 5.41) is 11.9. The van der Waals surface area contributed by atoms with E-state index in [2.05, 4.69) is 23.5 Å². The van der Waals surface area contributed by atoms with E-state index in [1.807, 2.05) is 13.0 Å². The fraction of sp³-hybridized carbons (Fsp3) is 0.533. The maximum Gasteiger partial charge on any atom is 0.223 e. The highest BCUT2D eigenvalue weighted by atomic mass is 16.3. The molecule has 0 saturated carbocycles.